The summed E-state index contributed by atoms with van der Waals surface area (Å²) in [7, 11) is 3.05. The molecule has 0 radical (unpaired) electrons. The van der Waals surface area contributed by atoms with Crippen molar-refractivity contribution >= 4 is 28.3 Å². The van der Waals surface area contributed by atoms with Crippen LogP contribution in [0.5, 0.6) is 11.5 Å². The highest BCUT2D eigenvalue weighted by Gasteiger charge is 2.19. The second-order valence-electron chi connectivity index (χ2n) is 5.45. The second kappa shape index (κ2) is 7.46. The van der Waals surface area contributed by atoms with Crippen molar-refractivity contribution in [3.8, 4) is 17.6 Å². The lowest BCUT2D eigenvalue weighted by atomic mass is 9.99. The third-order valence-corrected chi connectivity index (χ3v) is 4.78. The van der Waals surface area contributed by atoms with Crippen LogP contribution in [0.1, 0.15) is 21.6 Å². The van der Waals surface area contributed by atoms with Crippen LogP contribution in [0.2, 0.25) is 0 Å². The number of hydrogen-bond donors (Lipinski definition) is 0. The number of ether oxygens (including phenoxy) is 2. The van der Waals surface area contributed by atoms with Gasteiger partial charge in [-0.05, 0) is 30.5 Å². The van der Waals surface area contributed by atoms with E-state index in [-0.39, 0.29) is 11.5 Å². The van der Waals surface area contributed by atoms with E-state index in [0.717, 1.165) is 4.90 Å². The van der Waals surface area contributed by atoms with Crippen molar-refractivity contribution in [2.45, 2.75) is 4.90 Å². The molecule has 0 bridgehead atoms. The second-order valence-corrected chi connectivity index (χ2v) is 6.33. The summed E-state index contributed by atoms with van der Waals surface area (Å²) in [5.74, 6) is 0.761. The lowest BCUT2D eigenvalue weighted by Gasteiger charge is -2.12. The Bertz CT molecular complexity index is 1040. The van der Waals surface area contributed by atoms with Gasteiger partial charge in [-0.15, -0.1) is 11.8 Å². The van der Waals surface area contributed by atoms with Crippen LogP contribution in [-0.4, -0.2) is 31.2 Å². The Morgan fingerprint density at radius 2 is 1.81 bits per heavy atom. The van der Waals surface area contributed by atoms with Crippen molar-refractivity contribution in [1.82, 2.24) is 4.98 Å². The fraction of sp³-hybridized carbons (Fsp3) is 0.150. The summed E-state index contributed by atoms with van der Waals surface area (Å²) in [6.07, 6.45) is 3.37. The van der Waals surface area contributed by atoms with Crippen molar-refractivity contribution in [2.24, 2.45) is 0 Å². The number of aromatic nitrogens is 1. The summed E-state index contributed by atoms with van der Waals surface area (Å²) in [5.41, 5.74) is 1.19. The average molecular weight is 364 g/mol. The van der Waals surface area contributed by atoms with Crippen LogP contribution in [-0.2, 0) is 0 Å². The van der Waals surface area contributed by atoms with Gasteiger partial charge in [0, 0.05) is 27.4 Å². The number of fused-ring (bicyclic) bond motifs is 1. The van der Waals surface area contributed by atoms with Crippen LogP contribution in [0.15, 0.2) is 47.5 Å². The molecule has 5 nitrogen and oxygen atoms in total. The maximum absolute atomic E-state index is 13.1. The first kappa shape index (κ1) is 17.8. The van der Waals surface area contributed by atoms with Crippen molar-refractivity contribution < 1.29 is 14.3 Å². The smallest absolute Gasteiger partial charge is 0.212 e. The summed E-state index contributed by atoms with van der Waals surface area (Å²) < 4.78 is 10.7. The number of nitriles is 1. The van der Waals surface area contributed by atoms with Gasteiger partial charge in [0.05, 0.1) is 19.8 Å². The molecule has 0 aliphatic carbocycles. The van der Waals surface area contributed by atoms with Gasteiger partial charge in [0.15, 0.2) is 11.5 Å². The van der Waals surface area contributed by atoms with Crippen LogP contribution in [0.25, 0.3) is 10.8 Å². The van der Waals surface area contributed by atoms with Crippen LogP contribution in [0.4, 0.5) is 0 Å². The molecule has 0 aliphatic heterocycles. The number of carbonyl (C=O) groups excluding carboxylic acids is 1. The molecule has 3 rings (SSSR count). The molecule has 0 unspecified atom stereocenters. The molecule has 0 amide bonds. The van der Waals surface area contributed by atoms with Crippen LogP contribution in [0, 0.1) is 11.3 Å². The predicted molar refractivity (Wildman–Crippen MR) is 101 cm³/mol. The minimum Gasteiger partial charge on any atom is -0.493 e. The lowest BCUT2D eigenvalue weighted by molar-refractivity contribution is 0.103. The number of ketones is 1. The van der Waals surface area contributed by atoms with Gasteiger partial charge in [0.2, 0.25) is 5.78 Å². The molecule has 3 aromatic rings. The number of hydrogen-bond acceptors (Lipinski definition) is 6. The van der Waals surface area contributed by atoms with E-state index in [2.05, 4.69) is 11.1 Å². The zero-order valence-corrected chi connectivity index (χ0v) is 15.4. The van der Waals surface area contributed by atoms with Crippen molar-refractivity contribution in [1.29, 1.82) is 5.26 Å². The average Bonchev–Trinajstić information content (AvgIpc) is 2.71. The highest BCUT2D eigenvalue weighted by molar-refractivity contribution is 7.98. The van der Waals surface area contributed by atoms with E-state index in [1.807, 2.05) is 24.5 Å². The highest BCUT2D eigenvalue weighted by atomic mass is 32.2. The van der Waals surface area contributed by atoms with E-state index in [1.165, 1.54) is 20.4 Å². The molecular weight excluding hydrogens is 348 g/mol. The van der Waals surface area contributed by atoms with Gasteiger partial charge >= 0.3 is 0 Å². The van der Waals surface area contributed by atoms with Gasteiger partial charge < -0.3 is 9.47 Å². The molecule has 6 heteroatoms. The molecule has 1 aromatic heterocycles. The Morgan fingerprint density at radius 3 is 2.42 bits per heavy atom. The standard InChI is InChI=1S/C20H16N2O3S/c1-24-17-8-15-13(10-21)11-22-19(16(15)9-18(17)25-2)20(23)12-5-4-6-14(7-12)26-3/h4-9,11H,1-3H3. The zero-order chi connectivity index (χ0) is 18.7. The van der Waals surface area contributed by atoms with Gasteiger partial charge in [-0.3, -0.25) is 9.78 Å². The summed E-state index contributed by atoms with van der Waals surface area (Å²) in [4.78, 5) is 18.3. The molecule has 0 fully saturated rings. The molecule has 0 atom stereocenters. The zero-order valence-electron chi connectivity index (χ0n) is 14.6. The van der Waals surface area contributed by atoms with E-state index < -0.39 is 0 Å². The van der Waals surface area contributed by atoms with Gasteiger partial charge in [-0.1, -0.05) is 12.1 Å². The minimum atomic E-state index is -0.206. The SMILES string of the molecule is COc1cc2c(C#N)cnc(C(=O)c3cccc(SC)c3)c2cc1OC. The molecule has 130 valence electrons. The fourth-order valence-corrected chi connectivity index (χ4v) is 3.20. The number of thioether (sulfide) groups is 1. The van der Waals surface area contributed by atoms with E-state index in [4.69, 9.17) is 9.47 Å². The molecule has 1 heterocycles. The number of carbonyl (C=O) groups is 1. The topological polar surface area (TPSA) is 72.2 Å². The third kappa shape index (κ3) is 3.09. The number of methoxy groups -OCH3 is 2. The van der Waals surface area contributed by atoms with Crippen LogP contribution >= 0.6 is 11.8 Å². The normalized spacial score (nSPS) is 10.4. The molecule has 2 aromatic carbocycles. The van der Waals surface area contributed by atoms with Crippen molar-refractivity contribution in [3.05, 3.63) is 59.4 Å². The monoisotopic (exact) mass is 364 g/mol. The third-order valence-electron chi connectivity index (χ3n) is 4.06. The largest absolute Gasteiger partial charge is 0.493 e. The molecule has 0 aliphatic rings. The number of nitrogens with zero attached hydrogens (tertiary/aromatic N) is 2. The quantitative estimate of drug-likeness (QED) is 0.502. The highest BCUT2D eigenvalue weighted by Crippen LogP contribution is 2.35. The molecule has 0 saturated carbocycles. The fourth-order valence-electron chi connectivity index (χ4n) is 2.74. The molecular formula is C20H16N2O3S. The van der Waals surface area contributed by atoms with Gasteiger partial charge in [-0.25, -0.2) is 0 Å². The number of rotatable bonds is 5. The first-order valence-corrected chi connectivity index (χ1v) is 8.99. The minimum absolute atomic E-state index is 0.206. The molecule has 0 N–H and O–H groups in total. The number of pyridine rings is 1. The van der Waals surface area contributed by atoms with Crippen molar-refractivity contribution in [2.75, 3.05) is 20.5 Å². The van der Waals surface area contributed by atoms with Crippen molar-refractivity contribution in [3.63, 3.8) is 0 Å². The van der Waals surface area contributed by atoms with Gasteiger partial charge in [-0.2, -0.15) is 5.26 Å². The van der Waals surface area contributed by atoms with Gasteiger partial charge in [0.1, 0.15) is 11.8 Å². The Labute approximate surface area is 155 Å². The Balaban J connectivity index is 2.26. The van der Waals surface area contributed by atoms with E-state index in [0.29, 0.717) is 33.4 Å². The number of benzene rings is 2. The Kier molecular flexibility index (Phi) is 5.10. The maximum atomic E-state index is 13.1. The Hall–Kier alpha value is -3.04. The summed E-state index contributed by atoms with van der Waals surface area (Å²) in [5, 5.41) is 10.5. The first-order chi connectivity index (χ1) is 12.6. The molecule has 0 spiro atoms. The predicted octanol–water partition coefficient (Wildman–Crippen LogP) is 4.08. The summed E-state index contributed by atoms with van der Waals surface area (Å²) >= 11 is 1.56. The van der Waals surface area contributed by atoms with E-state index in [1.54, 1.807) is 30.0 Å². The van der Waals surface area contributed by atoms with Crippen LogP contribution in [0.3, 0.4) is 0 Å². The summed E-state index contributed by atoms with van der Waals surface area (Å²) in [6.45, 7) is 0. The van der Waals surface area contributed by atoms with E-state index >= 15 is 0 Å². The van der Waals surface area contributed by atoms with Gasteiger partial charge in [0.25, 0.3) is 0 Å². The molecule has 0 saturated heterocycles. The van der Waals surface area contributed by atoms with Crippen LogP contribution < -0.4 is 9.47 Å². The lowest BCUT2D eigenvalue weighted by Crippen LogP contribution is -2.06. The summed E-state index contributed by atoms with van der Waals surface area (Å²) in [6, 6.07) is 12.9. The Morgan fingerprint density at radius 1 is 1.12 bits per heavy atom. The molecule has 26 heavy (non-hydrogen) atoms. The maximum Gasteiger partial charge on any atom is 0.212 e. The van der Waals surface area contributed by atoms with E-state index in [9.17, 15) is 10.1 Å². The first-order valence-electron chi connectivity index (χ1n) is 7.76.